The van der Waals surface area contributed by atoms with Crippen LogP contribution in [0, 0.1) is 0 Å². The van der Waals surface area contributed by atoms with Gasteiger partial charge in [-0.2, -0.15) is 0 Å². The van der Waals surface area contributed by atoms with Gasteiger partial charge in [0.1, 0.15) is 13.2 Å². The van der Waals surface area contributed by atoms with Gasteiger partial charge in [0.2, 0.25) is 0 Å². The van der Waals surface area contributed by atoms with Crippen LogP contribution in [0.2, 0.25) is 0 Å². The van der Waals surface area contributed by atoms with E-state index in [0.29, 0.717) is 26.1 Å². The molecule has 0 bridgehead atoms. The predicted molar refractivity (Wildman–Crippen MR) is 182 cm³/mol. The number of carbonyl (C=O) groups excluding carboxylic acids is 2. The van der Waals surface area contributed by atoms with Crippen molar-refractivity contribution in [2.24, 2.45) is 0 Å². The summed E-state index contributed by atoms with van der Waals surface area (Å²) in [7, 11) is 4.41. The summed E-state index contributed by atoms with van der Waals surface area (Å²) in [4.78, 5) is 33.3. The number of carbonyl (C=O) groups is 3. The summed E-state index contributed by atoms with van der Waals surface area (Å²) in [6, 6.07) is 0. The quantitative estimate of drug-likeness (QED) is 0.0464. The van der Waals surface area contributed by atoms with Crippen molar-refractivity contribution in [1.82, 2.24) is 0 Å². The summed E-state index contributed by atoms with van der Waals surface area (Å²) >= 11 is 0. The molecule has 0 heterocycles. The van der Waals surface area contributed by atoms with Crippen molar-refractivity contribution in [2.45, 2.75) is 180 Å². The third kappa shape index (κ3) is 38.8. The molecule has 0 atom stereocenters. The van der Waals surface area contributed by atoms with Gasteiger partial charge in [0.15, 0.2) is 0 Å². The zero-order valence-corrected chi connectivity index (χ0v) is 30.5. The van der Waals surface area contributed by atoms with Gasteiger partial charge in [0, 0.05) is 19.8 Å². The number of hydrogen-bond donors (Lipinski definition) is 1. The molecule has 8 heteroatoms. The number of rotatable bonds is 34. The number of unbranched alkanes of at least 4 members (excludes halogenated alkanes) is 23. The van der Waals surface area contributed by atoms with Crippen LogP contribution < -0.4 is 12.4 Å². The highest BCUT2D eigenvalue weighted by Gasteiger charge is 2.14. The maximum Gasteiger partial charge on any atom is 0.305 e. The second-order valence-electron chi connectivity index (χ2n) is 13.7. The van der Waals surface area contributed by atoms with E-state index in [1.54, 1.807) is 0 Å². The Labute approximate surface area is 284 Å². The number of hydrogen-bond acceptors (Lipinski definition) is 5. The normalized spacial score (nSPS) is 11.3. The first-order chi connectivity index (χ1) is 21.2. The molecule has 0 saturated carbocycles. The lowest BCUT2D eigenvalue weighted by atomic mass is 10.0. The van der Waals surface area contributed by atoms with Crippen molar-refractivity contribution in [3.8, 4) is 0 Å². The van der Waals surface area contributed by atoms with Crippen LogP contribution >= 0.6 is 0 Å². The molecule has 0 aromatic heterocycles. The molecule has 0 aliphatic heterocycles. The van der Waals surface area contributed by atoms with Gasteiger partial charge >= 0.3 is 17.9 Å². The minimum Gasteiger partial charge on any atom is -1.00 e. The molecule has 0 aromatic rings. The van der Waals surface area contributed by atoms with Gasteiger partial charge < -0.3 is 31.5 Å². The Bertz CT molecular complexity index is 688. The number of likely N-dealkylation sites (N-methyl/N-ethyl adjacent to an activating group) is 1. The number of ether oxygens (including phenoxy) is 2. The summed E-state index contributed by atoms with van der Waals surface area (Å²) in [5, 5.41) is 8.63. The van der Waals surface area contributed by atoms with E-state index in [4.69, 9.17) is 14.6 Å². The van der Waals surface area contributed by atoms with Gasteiger partial charge in [-0.1, -0.05) is 128 Å². The fraction of sp³-hybridized carbons (Fsp3) is 0.919. The number of carboxylic acid groups (broad SMARTS) is 1. The van der Waals surface area contributed by atoms with E-state index < -0.39 is 5.97 Å². The van der Waals surface area contributed by atoms with Crippen molar-refractivity contribution in [1.29, 1.82) is 0 Å². The Morgan fingerprint density at radius 3 is 1.22 bits per heavy atom. The lowest BCUT2D eigenvalue weighted by Crippen LogP contribution is -3.00. The smallest absolute Gasteiger partial charge is 0.305 e. The van der Waals surface area contributed by atoms with Crippen LogP contribution in [0.1, 0.15) is 180 Å². The molecule has 0 rings (SSSR count). The van der Waals surface area contributed by atoms with E-state index in [0.717, 1.165) is 56.1 Å². The monoisotopic (exact) mass is 662 g/mol. The lowest BCUT2D eigenvalue weighted by Gasteiger charge is -2.29. The van der Waals surface area contributed by atoms with Crippen molar-refractivity contribution in [3.05, 3.63) is 0 Å². The fourth-order valence-corrected chi connectivity index (χ4v) is 5.71. The standard InChI is InChI=1S/C37H71NO6.ClH/c1-35(39)43-34-32-38(2,3)31-27-23-19-15-12-16-20-24-28-33-44-37(42)30-26-22-18-14-11-9-7-5-4-6-8-10-13-17-21-25-29-36(40)41;/h4-34H2,1-3H3;1H. The minimum absolute atomic E-state index is 0. The Kier molecular flexibility index (Phi) is 34.6. The summed E-state index contributed by atoms with van der Waals surface area (Å²) in [6.45, 7) is 4.56. The summed E-state index contributed by atoms with van der Waals surface area (Å²) in [5.74, 6) is -0.882. The third-order valence-corrected chi connectivity index (χ3v) is 8.69. The molecule has 0 aromatic carbocycles. The number of aliphatic carboxylic acids is 1. The van der Waals surface area contributed by atoms with Crippen LogP contribution in [-0.4, -0.2) is 67.9 Å². The van der Waals surface area contributed by atoms with Gasteiger partial charge in [-0.3, -0.25) is 14.4 Å². The molecule has 45 heavy (non-hydrogen) atoms. The van der Waals surface area contributed by atoms with Crippen molar-refractivity contribution in [3.63, 3.8) is 0 Å². The minimum atomic E-state index is -0.670. The van der Waals surface area contributed by atoms with E-state index in [2.05, 4.69) is 14.1 Å². The Hall–Kier alpha value is -1.34. The van der Waals surface area contributed by atoms with E-state index in [1.807, 2.05) is 0 Å². The average Bonchev–Trinajstić information content (AvgIpc) is 2.96. The van der Waals surface area contributed by atoms with Gasteiger partial charge in [0.25, 0.3) is 0 Å². The number of esters is 2. The second-order valence-corrected chi connectivity index (χ2v) is 13.7. The molecule has 1 N–H and O–H groups in total. The molecule has 0 radical (unpaired) electrons. The number of quaternary nitrogens is 1. The van der Waals surface area contributed by atoms with Crippen LogP contribution in [0.4, 0.5) is 0 Å². The first kappa shape index (κ1) is 45.8. The summed E-state index contributed by atoms with van der Waals surface area (Å²) < 4.78 is 11.4. The molecule has 0 spiro atoms. The number of carboxylic acids is 1. The molecular weight excluding hydrogens is 590 g/mol. The molecule has 0 amide bonds. The van der Waals surface area contributed by atoms with Crippen LogP contribution in [0.25, 0.3) is 0 Å². The molecule has 0 unspecified atom stereocenters. The van der Waals surface area contributed by atoms with Crippen molar-refractivity contribution >= 4 is 17.9 Å². The fourth-order valence-electron chi connectivity index (χ4n) is 5.71. The third-order valence-electron chi connectivity index (χ3n) is 8.69. The maximum absolute atomic E-state index is 12.0. The van der Waals surface area contributed by atoms with E-state index in [1.165, 1.54) is 129 Å². The SMILES string of the molecule is CC(=O)OCC[N+](C)(C)CCCCCCCCCCCOC(=O)CCCCCCCCCCCCCCCCCCC(=O)O.[Cl-]. The van der Waals surface area contributed by atoms with E-state index in [9.17, 15) is 14.4 Å². The topological polar surface area (TPSA) is 89.9 Å². The Morgan fingerprint density at radius 1 is 0.467 bits per heavy atom. The average molecular weight is 662 g/mol. The predicted octanol–water partition coefficient (Wildman–Crippen LogP) is 6.79. The Morgan fingerprint density at radius 2 is 0.822 bits per heavy atom. The number of nitrogens with zero attached hydrogens (tertiary/aromatic N) is 1. The first-order valence-electron chi connectivity index (χ1n) is 18.6. The van der Waals surface area contributed by atoms with E-state index in [-0.39, 0.29) is 24.3 Å². The lowest BCUT2D eigenvalue weighted by molar-refractivity contribution is -0.890. The largest absolute Gasteiger partial charge is 1.00 e. The van der Waals surface area contributed by atoms with Gasteiger partial charge in [-0.05, 0) is 32.1 Å². The van der Waals surface area contributed by atoms with Crippen LogP contribution in [0.15, 0.2) is 0 Å². The van der Waals surface area contributed by atoms with Crippen LogP contribution in [-0.2, 0) is 23.9 Å². The van der Waals surface area contributed by atoms with Crippen molar-refractivity contribution in [2.75, 3.05) is 40.4 Å². The van der Waals surface area contributed by atoms with Crippen LogP contribution in [0.3, 0.4) is 0 Å². The zero-order valence-electron chi connectivity index (χ0n) is 29.7. The van der Waals surface area contributed by atoms with Gasteiger partial charge in [-0.15, -0.1) is 0 Å². The van der Waals surface area contributed by atoms with Crippen molar-refractivity contribution < 1.29 is 45.9 Å². The Balaban J connectivity index is 0. The second kappa shape index (κ2) is 34.0. The highest BCUT2D eigenvalue weighted by Crippen LogP contribution is 2.15. The molecule has 0 aliphatic carbocycles. The molecule has 0 saturated heterocycles. The van der Waals surface area contributed by atoms with E-state index >= 15 is 0 Å². The zero-order chi connectivity index (χ0) is 32.6. The maximum atomic E-state index is 12.0. The summed E-state index contributed by atoms with van der Waals surface area (Å²) in [5.41, 5.74) is 0. The van der Waals surface area contributed by atoms with Crippen LogP contribution in [0.5, 0.6) is 0 Å². The molecule has 0 fully saturated rings. The highest BCUT2D eigenvalue weighted by molar-refractivity contribution is 5.69. The number of halogens is 1. The van der Waals surface area contributed by atoms with Gasteiger partial charge in [0.05, 0.1) is 27.2 Å². The highest BCUT2D eigenvalue weighted by atomic mass is 35.5. The molecular formula is C37H72ClNO6. The first-order valence-corrected chi connectivity index (χ1v) is 18.6. The molecule has 0 aliphatic rings. The summed E-state index contributed by atoms with van der Waals surface area (Å²) in [6.07, 6.45) is 31.5. The molecule has 7 nitrogen and oxygen atoms in total. The molecule has 268 valence electrons. The van der Waals surface area contributed by atoms with Gasteiger partial charge in [-0.25, -0.2) is 0 Å².